The van der Waals surface area contributed by atoms with Gasteiger partial charge in [0, 0.05) is 24.7 Å². The highest BCUT2D eigenvalue weighted by Crippen LogP contribution is 2.32. The monoisotopic (exact) mass is 278 g/mol. The molecule has 0 amide bonds. The molecule has 1 fully saturated rings. The van der Waals surface area contributed by atoms with Gasteiger partial charge in [0.05, 0.1) is 6.04 Å². The van der Waals surface area contributed by atoms with Crippen LogP contribution in [0, 0.1) is 17.7 Å². The molecule has 1 aromatic carbocycles. The van der Waals surface area contributed by atoms with E-state index in [-0.39, 0.29) is 17.9 Å². The molecule has 0 aliphatic carbocycles. The van der Waals surface area contributed by atoms with Gasteiger partial charge in [0.15, 0.2) is 0 Å². The Morgan fingerprint density at radius 2 is 1.85 bits per heavy atom. The topological polar surface area (TPSA) is 29.3 Å². The van der Waals surface area contributed by atoms with Crippen LogP contribution >= 0.6 is 0 Å². The second kappa shape index (κ2) is 6.68. The van der Waals surface area contributed by atoms with Crippen LogP contribution in [0.25, 0.3) is 0 Å². The molecule has 1 heterocycles. The molecule has 0 radical (unpaired) electrons. The molecule has 112 valence electrons. The molecule has 0 aromatic heterocycles. The zero-order valence-electron chi connectivity index (χ0n) is 12.8. The number of likely N-dealkylation sites (tertiary alicyclic amines) is 1. The van der Waals surface area contributed by atoms with E-state index < -0.39 is 0 Å². The third kappa shape index (κ3) is 3.39. The molecule has 1 saturated heterocycles. The molecule has 2 N–H and O–H groups in total. The first-order valence-electron chi connectivity index (χ1n) is 7.77. The number of hydrogen-bond acceptors (Lipinski definition) is 2. The lowest BCUT2D eigenvalue weighted by Crippen LogP contribution is -2.47. The number of benzene rings is 1. The third-order valence-corrected chi connectivity index (χ3v) is 4.39. The van der Waals surface area contributed by atoms with E-state index in [0.29, 0.717) is 11.8 Å². The summed E-state index contributed by atoms with van der Waals surface area (Å²) >= 11 is 0. The number of piperidine rings is 1. The summed E-state index contributed by atoms with van der Waals surface area (Å²) in [6.07, 6.45) is 2.11. The van der Waals surface area contributed by atoms with Gasteiger partial charge in [-0.2, -0.15) is 0 Å². The number of hydrogen-bond donors (Lipinski definition) is 1. The van der Waals surface area contributed by atoms with Crippen LogP contribution in [0.3, 0.4) is 0 Å². The number of nitrogens with two attached hydrogens (primary N) is 1. The summed E-state index contributed by atoms with van der Waals surface area (Å²) in [6.45, 7) is 8.65. The first kappa shape index (κ1) is 15.5. The van der Waals surface area contributed by atoms with Crippen molar-refractivity contribution in [2.45, 2.75) is 45.7 Å². The fourth-order valence-corrected chi connectivity index (χ4v) is 3.57. The van der Waals surface area contributed by atoms with Crippen LogP contribution in [0.15, 0.2) is 24.3 Å². The van der Waals surface area contributed by atoms with E-state index in [2.05, 4.69) is 25.7 Å². The molecule has 2 rings (SSSR count). The molecule has 20 heavy (non-hydrogen) atoms. The van der Waals surface area contributed by atoms with Crippen molar-refractivity contribution in [2.75, 3.05) is 13.1 Å². The van der Waals surface area contributed by atoms with Crippen molar-refractivity contribution in [3.63, 3.8) is 0 Å². The average Bonchev–Trinajstić information content (AvgIpc) is 2.40. The lowest BCUT2D eigenvalue weighted by atomic mass is 9.87. The molecule has 0 bridgehead atoms. The Labute approximate surface area is 122 Å². The first-order valence-corrected chi connectivity index (χ1v) is 7.77. The van der Waals surface area contributed by atoms with Crippen molar-refractivity contribution < 1.29 is 4.39 Å². The minimum absolute atomic E-state index is 0.00796. The smallest absolute Gasteiger partial charge is 0.128 e. The van der Waals surface area contributed by atoms with Gasteiger partial charge in [-0.15, -0.1) is 0 Å². The maximum Gasteiger partial charge on any atom is 0.128 e. The molecule has 1 aliphatic heterocycles. The summed E-state index contributed by atoms with van der Waals surface area (Å²) in [5.74, 6) is 1.17. The Balaban J connectivity index is 2.30. The zero-order valence-corrected chi connectivity index (χ0v) is 12.8. The normalized spacial score (nSPS) is 27.2. The minimum atomic E-state index is -0.132. The summed E-state index contributed by atoms with van der Waals surface area (Å²) in [6, 6.07) is 7.05. The summed E-state index contributed by atoms with van der Waals surface area (Å²) in [5.41, 5.74) is 7.08. The summed E-state index contributed by atoms with van der Waals surface area (Å²) in [7, 11) is 0. The minimum Gasteiger partial charge on any atom is -0.326 e. The quantitative estimate of drug-likeness (QED) is 0.912. The van der Waals surface area contributed by atoms with Crippen LogP contribution < -0.4 is 5.73 Å². The first-order chi connectivity index (χ1) is 9.52. The summed E-state index contributed by atoms with van der Waals surface area (Å²) < 4.78 is 14.2. The van der Waals surface area contributed by atoms with Crippen LogP contribution in [-0.2, 0) is 0 Å². The summed E-state index contributed by atoms with van der Waals surface area (Å²) in [4.78, 5) is 2.39. The van der Waals surface area contributed by atoms with Crippen LogP contribution in [0.5, 0.6) is 0 Å². The van der Waals surface area contributed by atoms with Gasteiger partial charge in [0.25, 0.3) is 0 Å². The van der Waals surface area contributed by atoms with E-state index in [1.165, 1.54) is 6.42 Å². The molecule has 2 nitrogen and oxygen atoms in total. The van der Waals surface area contributed by atoms with Crippen molar-refractivity contribution >= 4 is 0 Å². The van der Waals surface area contributed by atoms with E-state index in [0.717, 1.165) is 25.1 Å². The van der Waals surface area contributed by atoms with E-state index >= 15 is 0 Å². The fourth-order valence-electron chi connectivity index (χ4n) is 3.57. The number of halogens is 1. The van der Waals surface area contributed by atoms with Gasteiger partial charge in [-0.1, -0.05) is 39.0 Å². The van der Waals surface area contributed by atoms with E-state index in [1.54, 1.807) is 12.1 Å². The highest BCUT2D eigenvalue weighted by molar-refractivity contribution is 5.23. The van der Waals surface area contributed by atoms with Gasteiger partial charge in [-0.25, -0.2) is 4.39 Å². The highest BCUT2D eigenvalue weighted by atomic mass is 19.1. The largest absolute Gasteiger partial charge is 0.326 e. The average molecular weight is 278 g/mol. The molecule has 1 aliphatic rings. The lowest BCUT2D eigenvalue weighted by Gasteiger charge is -2.42. The molecular weight excluding hydrogens is 251 g/mol. The Bertz CT molecular complexity index is 425. The van der Waals surface area contributed by atoms with Crippen molar-refractivity contribution in [1.29, 1.82) is 0 Å². The standard InChI is InChI=1S/C17H27FN2/c1-4-16(19)17(14-7-5-6-8-15(14)18)20-10-12(2)9-13(3)11-20/h5-8,12-13,16-17H,4,9-11,19H2,1-3H3. The summed E-state index contributed by atoms with van der Waals surface area (Å²) in [5, 5.41) is 0. The lowest BCUT2D eigenvalue weighted by molar-refractivity contribution is 0.0792. The predicted octanol–water partition coefficient (Wildman–Crippen LogP) is 3.58. The van der Waals surface area contributed by atoms with E-state index in [1.807, 2.05) is 12.1 Å². The molecule has 3 heteroatoms. The van der Waals surface area contributed by atoms with Gasteiger partial charge in [-0.3, -0.25) is 4.90 Å². The number of rotatable bonds is 4. The van der Waals surface area contributed by atoms with Crippen molar-refractivity contribution in [3.8, 4) is 0 Å². The van der Waals surface area contributed by atoms with Crippen LogP contribution in [0.2, 0.25) is 0 Å². The fraction of sp³-hybridized carbons (Fsp3) is 0.647. The van der Waals surface area contributed by atoms with Gasteiger partial charge in [0.1, 0.15) is 5.82 Å². The van der Waals surface area contributed by atoms with Crippen molar-refractivity contribution in [1.82, 2.24) is 4.90 Å². The Morgan fingerprint density at radius 1 is 1.25 bits per heavy atom. The number of nitrogens with zero attached hydrogens (tertiary/aromatic N) is 1. The van der Waals surface area contributed by atoms with E-state index in [4.69, 9.17) is 5.73 Å². The van der Waals surface area contributed by atoms with Gasteiger partial charge >= 0.3 is 0 Å². The van der Waals surface area contributed by atoms with Crippen molar-refractivity contribution in [2.24, 2.45) is 17.6 Å². The SMILES string of the molecule is CCC(N)C(c1ccccc1F)N1CC(C)CC(C)C1. The van der Waals surface area contributed by atoms with Crippen molar-refractivity contribution in [3.05, 3.63) is 35.6 Å². The van der Waals surface area contributed by atoms with Crippen LogP contribution in [-0.4, -0.2) is 24.0 Å². The molecule has 0 spiro atoms. The zero-order chi connectivity index (χ0) is 14.7. The van der Waals surface area contributed by atoms with Gasteiger partial charge in [0.2, 0.25) is 0 Å². The Hall–Kier alpha value is -0.930. The molecule has 4 unspecified atom stereocenters. The molecule has 0 saturated carbocycles. The Morgan fingerprint density at radius 3 is 2.40 bits per heavy atom. The molecular formula is C17H27FN2. The third-order valence-electron chi connectivity index (χ3n) is 4.39. The predicted molar refractivity (Wildman–Crippen MR) is 81.9 cm³/mol. The maximum absolute atomic E-state index is 14.2. The van der Waals surface area contributed by atoms with Crippen LogP contribution in [0.4, 0.5) is 4.39 Å². The highest BCUT2D eigenvalue weighted by Gasteiger charge is 2.32. The maximum atomic E-state index is 14.2. The van der Waals surface area contributed by atoms with E-state index in [9.17, 15) is 4.39 Å². The molecule has 1 aromatic rings. The van der Waals surface area contributed by atoms with Crippen LogP contribution in [0.1, 0.15) is 45.2 Å². The second-order valence-corrected chi connectivity index (χ2v) is 6.44. The molecule has 4 atom stereocenters. The van der Waals surface area contributed by atoms with Gasteiger partial charge < -0.3 is 5.73 Å². The second-order valence-electron chi connectivity index (χ2n) is 6.44. The van der Waals surface area contributed by atoms with Gasteiger partial charge in [-0.05, 0) is 30.7 Å². The Kier molecular flexibility index (Phi) is 5.17.